The van der Waals surface area contributed by atoms with Crippen molar-refractivity contribution in [2.45, 2.75) is 69.2 Å². The van der Waals surface area contributed by atoms with Crippen LogP contribution in [0.5, 0.6) is 0 Å². The molecule has 0 aromatic rings. The maximum absolute atomic E-state index is 6.10. The van der Waals surface area contributed by atoms with Crippen molar-refractivity contribution in [3.05, 3.63) is 0 Å². The summed E-state index contributed by atoms with van der Waals surface area (Å²) in [6.07, 6.45) is 8.12. The number of hydrogen-bond acceptors (Lipinski definition) is 8. The highest BCUT2D eigenvalue weighted by Crippen LogP contribution is 2.30. The van der Waals surface area contributed by atoms with Crippen LogP contribution in [-0.4, -0.2) is 93.9 Å². The van der Waals surface area contributed by atoms with Gasteiger partial charge in [0.1, 0.15) is 6.23 Å². The summed E-state index contributed by atoms with van der Waals surface area (Å²) in [5.41, 5.74) is 3.35. The number of likely N-dealkylation sites (tertiary alicyclic amines) is 2. The SMILES string of the molecule is COCCNC1CC(C2NOC([C@@H]3CCCN3C3CCN(C)CC3)N2)CCN1. The Labute approximate surface area is 170 Å². The minimum atomic E-state index is 0.113. The zero-order chi connectivity index (χ0) is 19.3. The minimum Gasteiger partial charge on any atom is -0.383 e. The van der Waals surface area contributed by atoms with Crippen molar-refractivity contribution < 1.29 is 9.57 Å². The molecule has 162 valence electrons. The minimum absolute atomic E-state index is 0.113. The lowest BCUT2D eigenvalue weighted by Gasteiger charge is -2.39. The summed E-state index contributed by atoms with van der Waals surface area (Å²) in [6.45, 7) is 6.36. The van der Waals surface area contributed by atoms with Gasteiger partial charge in [0.25, 0.3) is 0 Å². The third-order valence-corrected chi connectivity index (χ3v) is 7.13. The number of nitrogens with zero attached hydrogens (tertiary/aromatic N) is 2. The molecular formula is C20H40N6O2. The molecule has 0 spiro atoms. The highest BCUT2D eigenvalue weighted by molar-refractivity contribution is 4.94. The van der Waals surface area contributed by atoms with E-state index in [-0.39, 0.29) is 12.4 Å². The first-order valence-electron chi connectivity index (χ1n) is 11.3. The van der Waals surface area contributed by atoms with Crippen LogP contribution < -0.4 is 21.4 Å². The Morgan fingerprint density at radius 2 is 2.00 bits per heavy atom. The number of piperidine rings is 2. The Hall–Kier alpha value is -0.320. The number of methoxy groups -OCH3 is 1. The van der Waals surface area contributed by atoms with Crippen molar-refractivity contribution in [2.75, 3.05) is 53.5 Å². The lowest BCUT2D eigenvalue weighted by molar-refractivity contribution is -0.0374. The number of rotatable bonds is 7. The van der Waals surface area contributed by atoms with E-state index < -0.39 is 0 Å². The molecule has 0 aromatic carbocycles. The van der Waals surface area contributed by atoms with Crippen molar-refractivity contribution in [3.8, 4) is 0 Å². The van der Waals surface area contributed by atoms with Crippen molar-refractivity contribution in [1.82, 2.24) is 31.2 Å². The fourth-order valence-electron chi connectivity index (χ4n) is 5.47. The molecule has 8 nitrogen and oxygen atoms in total. The highest BCUT2D eigenvalue weighted by atomic mass is 16.7. The Morgan fingerprint density at radius 3 is 2.82 bits per heavy atom. The van der Waals surface area contributed by atoms with E-state index in [1.807, 2.05) is 0 Å². The molecule has 4 N–H and O–H groups in total. The number of hydroxylamine groups is 1. The van der Waals surface area contributed by atoms with Crippen LogP contribution in [0.3, 0.4) is 0 Å². The van der Waals surface area contributed by atoms with Gasteiger partial charge < -0.3 is 15.0 Å². The second kappa shape index (κ2) is 10.1. The second-order valence-electron chi connectivity index (χ2n) is 9.02. The van der Waals surface area contributed by atoms with Gasteiger partial charge in [-0.15, -0.1) is 0 Å². The van der Waals surface area contributed by atoms with Crippen LogP contribution in [0.15, 0.2) is 0 Å². The first-order valence-corrected chi connectivity index (χ1v) is 11.3. The Kier molecular flexibility index (Phi) is 7.57. The number of ether oxygens (including phenoxy) is 1. The first kappa shape index (κ1) is 20.9. The summed E-state index contributed by atoms with van der Waals surface area (Å²) in [5.74, 6) is 0.574. The van der Waals surface area contributed by atoms with Gasteiger partial charge in [0.2, 0.25) is 0 Å². The standard InChI is InChI=1S/C20H40N6O2/c1-25-11-6-16(7-12-25)26-10-3-4-17(26)20-23-19(24-28-20)15-5-8-21-18(14-15)22-9-13-27-2/h15-24H,3-14H2,1-2H3/t15?,17-,18?,19?,20?/m0/s1. The lowest BCUT2D eigenvalue weighted by Crippen LogP contribution is -2.55. The third kappa shape index (κ3) is 5.05. The van der Waals surface area contributed by atoms with E-state index in [2.05, 4.69) is 38.3 Å². The summed E-state index contributed by atoms with van der Waals surface area (Å²) in [7, 11) is 3.99. The van der Waals surface area contributed by atoms with Gasteiger partial charge in [-0.2, -0.15) is 5.48 Å². The van der Waals surface area contributed by atoms with Crippen LogP contribution in [0.25, 0.3) is 0 Å². The highest BCUT2D eigenvalue weighted by Gasteiger charge is 2.42. The van der Waals surface area contributed by atoms with E-state index >= 15 is 0 Å². The van der Waals surface area contributed by atoms with Crippen LogP contribution >= 0.6 is 0 Å². The molecule has 4 aliphatic rings. The molecule has 28 heavy (non-hydrogen) atoms. The van der Waals surface area contributed by atoms with Crippen molar-refractivity contribution in [3.63, 3.8) is 0 Å². The summed E-state index contributed by atoms with van der Waals surface area (Å²) >= 11 is 0. The Balaban J connectivity index is 1.27. The topological polar surface area (TPSA) is 73.1 Å². The number of nitrogens with one attached hydrogen (secondary N) is 4. The van der Waals surface area contributed by atoms with Crippen molar-refractivity contribution in [1.29, 1.82) is 0 Å². The van der Waals surface area contributed by atoms with Gasteiger partial charge in [-0.05, 0) is 77.7 Å². The quantitative estimate of drug-likeness (QED) is 0.444. The van der Waals surface area contributed by atoms with Gasteiger partial charge in [-0.25, -0.2) is 0 Å². The molecule has 0 saturated carbocycles. The fourth-order valence-corrected chi connectivity index (χ4v) is 5.47. The lowest BCUT2D eigenvalue weighted by atomic mass is 9.92. The van der Waals surface area contributed by atoms with Crippen molar-refractivity contribution in [2.24, 2.45) is 5.92 Å². The van der Waals surface area contributed by atoms with Gasteiger partial charge in [-0.3, -0.25) is 20.4 Å². The summed E-state index contributed by atoms with van der Waals surface area (Å²) in [4.78, 5) is 11.3. The average molecular weight is 397 g/mol. The van der Waals surface area contributed by atoms with Gasteiger partial charge in [0.05, 0.1) is 25.0 Å². The van der Waals surface area contributed by atoms with Gasteiger partial charge in [0, 0.05) is 19.7 Å². The summed E-state index contributed by atoms with van der Waals surface area (Å²) < 4.78 is 5.15. The third-order valence-electron chi connectivity index (χ3n) is 7.13. The molecule has 0 amide bonds. The van der Waals surface area contributed by atoms with E-state index in [4.69, 9.17) is 9.57 Å². The zero-order valence-electron chi connectivity index (χ0n) is 17.7. The summed E-state index contributed by atoms with van der Waals surface area (Å²) in [6, 6.07) is 1.23. The molecule has 4 rings (SSSR count). The van der Waals surface area contributed by atoms with Gasteiger partial charge >= 0.3 is 0 Å². The predicted molar refractivity (Wildman–Crippen MR) is 110 cm³/mol. The predicted octanol–water partition coefficient (Wildman–Crippen LogP) is -0.117. The molecule has 0 aromatic heterocycles. The number of hydrogen-bond donors (Lipinski definition) is 4. The molecule has 8 heteroatoms. The van der Waals surface area contributed by atoms with E-state index in [1.165, 1.54) is 51.7 Å². The van der Waals surface area contributed by atoms with Gasteiger partial charge in [-0.1, -0.05) is 0 Å². The maximum atomic E-state index is 6.10. The maximum Gasteiger partial charge on any atom is 0.146 e. The molecular weight excluding hydrogens is 356 g/mol. The molecule has 4 unspecified atom stereocenters. The Bertz CT molecular complexity index is 476. The largest absolute Gasteiger partial charge is 0.383 e. The van der Waals surface area contributed by atoms with Crippen LogP contribution in [0.1, 0.15) is 38.5 Å². The van der Waals surface area contributed by atoms with Crippen LogP contribution in [0, 0.1) is 5.92 Å². The fraction of sp³-hybridized carbons (Fsp3) is 1.00. The van der Waals surface area contributed by atoms with Crippen LogP contribution in [-0.2, 0) is 9.57 Å². The molecule has 0 aliphatic carbocycles. The van der Waals surface area contributed by atoms with Crippen LogP contribution in [0.2, 0.25) is 0 Å². The van der Waals surface area contributed by atoms with Crippen LogP contribution in [0.4, 0.5) is 0 Å². The Morgan fingerprint density at radius 1 is 1.14 bits per heavy atom. The normalized spacial score (nSPS) is 39.0. The average Bonchev–Trinajstić information content (AvgIpc) is 3.38. The molecule has 0 radical (unpaired) electrons. The molecule has 4 aliphatic heterocycles. The molecule has 0 bridgehead atoms. The first-order chi connectivity index (χ1) is 13.7. The molecule has 4 fully saturated rings. The van der Waals surface area contributed by atoms with E-state index in [1.54, 1.807) is 7.11 Å². The summed E-state index contributed by atoms with van der Waals surface area (Å²) in [5, 5.41) is 10.9. The van der Waals surface area contributed by atoms with E-state index in [0.29, 0.717) is 18.1 Å². The van der Waals surface area contributed by atoms with E-state index in [0.717, 1.165) is 32.2 Å². The molecule has 5 atom stereocenters. The van der Waals surface area contributed by atoms with E-state index in [9.17, 15) is 0 Å². The smallest absolute Gasteiger partial charge is 0.146 e. The second-order valence-corrected chi connectivity index (χ2v) is 9.02. The molecule has 4 saturated heterocycles. The molecule has 4 heterocycles. The van der Waals surface area contributed by atoms with Crippen molar-refractivity contribution >= 4 is 0 Å². The monoisotopic (exact) mass is 396 g/mol. The zero-order valence-corrected chi connectivity index (χ0v) is 17.7. The van der Waals surface area contributed by atoms with Gasteiger partial charge in [0.15, 0.2) is 0 Å².